The number of rotatable bonds is 6. The largest absolute Gasteiger partial charge is 0.416 e. The topological polar surface area (TPSA) is 26.7 Å². The highest BCUT2D eigenvalue weighted by molar-refractivity contribution is 5.24. The molecule has 0 spiro atoms. The normalized spacial score (nSPS) is 20.7. The summed E-state index contributed by atoms with van der Waals surface area (Å²) in [5.41, 5.74) is 0.286. The van der Waals surface area contributed by atoms with E-state index in [9.17, 15) is 18.3 Å². The molecular formula is C18H27F3N2O. The summed E-state index contributed by atoms with van der Waals surface area (Å²) >= 11 is 0. The minimum atomic E-state index is -4.28. The second-order valence-corrected chi connectivity index (χ2v) is 6.98. The lowest BCUT2D eigenvalue weighted by Gasteiger charge is -2.42. The molecule has 0 amide bonds. The summed E-state index contributed by atoms with van der Waals surface area (Å²) in [6.45, 7) is 8.87. The van der Waals surface area contributed by atoms with E-state index in [0.29, 0.717) is 18.5 Å². The first-order valence-corrected chi connectivity index (χ1v) is 8.53. The van der Waals surface area contributed by atoms with Crippen LogP contribution >= 0.6 is 0 Å². The second kappa shape index (κ2) is 8.32. The molecule has 0 bridgehead atoms. The van der Waals surface area contributed by atoms with Crippen molar-refractivity contribution in [3.63, 3.8) is 0 Å². The van der Waals surface area contributed by atoms with E-state index in [-0.39, 0.29) is 6.61 Å². The Bertz CT molecular complexity index is 502. The minimum absolute atomic E-state index is 0.160. The number of benzene rings is 1. The van der Waals surface area contributed by atoms with Crippen LogP contribution in [0.2, 0.25) is 0 Å². The molecule has 1 aliphatic rings. The fourth-order valence-corrected chi connectivity index (χ4v) is 3.29. The Morgan fingerprint density at radius 3 is 2.38 bits per heavy atom. The van der Waals surface area contributed by atoms with Gasteiger partial charge in [0.1, 0.15) is 0 Å². The maximum Gasteiger partial charge on any atom is 0.416 e. The SMILES string of the molecule is CC(C)CN1CCN(Cc2ccc(C(F)(F)F)cc2)C[C@H]1CCO. The quantitative estimate of drug-likeness (QED) is 0.858. The third kappa shape index (κ3) is 5.46. The summed E-state index contributed by atoms with van der Waals surface area (Å²) in [5, 5.41) is 9.30. The fraction of sp³-hybridized carbons (Fsp3) is 0.667. The van der Waals surface area contributed by atoms with Gasteiger partial charge in [0.05, 0.1) is 5.56 Å². The molecule has 1 saturated heterocycles. The number of aliphatic hydroxyl groups excluding tert-OH is 1. The van der Waals surface area contributed by atoms with E-state index in [2.05, 4.69) is 23.6 Å². The van der Waals surface area contributed by atoms with E-state index in [1.807, 2.05) is 0 Å². The summed E-state index contributed by atoms with van der Waals surface area (Å²) < 4.78 is 37.9. The summed E-state index contributed by atoms with van der Waals surface area (Å²) in [4.78, 5) is 4.68. The van der Waals surface area contributed by atoms with E-state index < -0.39 is 11.7 Å². The summed E-state index contributed by atoms with van der Waals surface area (Å²) in [6.07, 6.45) is -3.55. The molecule has 24 heavy (non-hydrogen) atoms. The van der Waals surface area contributed by atoms with E-state index in [0.717, 1.165) is 50.3 Å². The maximum absolute atomic E-state index is 12.6. The highest BCUT2D eigenvalue weighted by Crippen LogP contribution is 2.29. The van der Waals surface area contributed by atoms with Gasteiger partial charge in [0.2, 0.25) is 0 Å². The Morgan fingerprint density at radius 1 is 1.17 bits per heavy atom. The lowest BCUT2D eigenvalue weighted by Crippen LogP contribution is -2.53. The molecular weight excluding hydrogens is 317 g/mol. The number of aliphatic hydroxyl groups is 1. The molecule has 1 heterocycles. The van der Waals surface area contributed by atoms with Crippen LogP contribution in [0.4, 0.5) is 13.2 Å². The van der Waals surface area contributed by atoms with Crippen molar-refractivity contribution >= 4 is 0 Å². The first-order chi connectivity index (χ1) is 11.3. The molecule has 0 aliphatic carbocycles. The molecule has 0 saturated carbocycles. The van der Waals surface area contributed by atoms with Gasteiger partial charge in [0, 0.05) is 45.4 Å². The highest BCUT2D eigenvalue weighted by Gasteiger charge is 2.30. The Balaban J connectivity index is 1.96. The third-order valence-electron chi connectivity index (χ3n) is 4.44. The van der Waals surface area contributed by atoms with Gasteiger partial charge in [0.25, 0.3) is 0 Å². The van der Waals surface area contributed by atoms with Crippen LogP contribution in [0, 0.1) is 5.92 Å². The minimum Gasteiger partial charge on any atom is -0.396 e. The van der Waals surface area contributed by atoms with Gasteiger partial charge >= 0.3 is 6.18 Å². The van der Waals surface area contributed by atoms with Crippen molar-refractivity contribution in [1.29, 1.82) is 0 Å². The number of hydrogen-bond donors (Lipinski definition) is 1. The lowest BCUT2D eigenvalue weighted by atomic mass is 10.0. The van der Waals surface area contributed by atoms with Crippen LogP contribution in [-0.2, 0) is 12.7 Å². The van der Waals surface area contributed by atoms with Crippen molar-refractivity contribution < 1.29 is 18.3 Å². The zero-order valence-corrected chi connectivity index (χ0v) is 14.4. The van der Waals surface area contributed by atoms with Gasteiger partial charge in [-0.25, -0.2) is 0 Å². The highest BCUT2D eigenvalue weighted by atomic mass is 19.4. The predicted octanol–water partition coefficient (Wildman–Crippen LogP) is 3.23. The van der Waals surface area contributed by atoms with Crippen molar-refractivity contribution in [3.05, 3.63) is 35.4 Å². The summed E-state index contributed by atoms with van der Waals surface area (Å²) in [6, 6.07) is 5.72. The Morgan fingerprint density at radius 2 is 1.83 bits per heavy atom. The van der Waals surface area contributed by atoms with Gasteiger partial charge in [0.15, 0.2) is 0 Å². The molecule has 1 aromatic rings. The third-order valence-corrected chi connectivity index (χ3v) is 4.44. The average Bonchev–Trinajstić information content (AvgIpc) is 2.49. The Kier molecular flexibility index (Phi) is 6.66. The van der Waals surface area contributed by atoms with Crippen molar-refractivity contribution in [1.82, 2.24) is 9.80 Å². The van der Waals surface area contributed by atoms with Crippen LogP contribution < -0.4 is 0 Å². The monoisotopic (exact) mass is 344 g/mol. The molecule has 0 unspecified atom stereocenters. The smallest absolute Gasteiger partial charge is 0.396 e. The lowest BCUT2D eigenvalue weighted by molar-refractivity contribution is -0.137. The zero-order valence-electron chi connectivity index (χ0n) is 14.4. The molecule has 1 aliphatic heterocycles. The zero-order chi connectivity index (χ0) is 17.7. The van der Waals surface area contributed by atoms with E-state index in [4.69, 9.17) is 0 Å². The van der Waals surface area contributed by atoms with Crippen LogP contribution in [0.1, 0.15) is 31.4 Å². The Labute approximate surface area is 142 Å². The Hall–Kier alpha value is -1.11. The van der Waals surface area contributed by atoms with Crippen LogP contribution in [0.25, 0.3) is 0 Å². The number of halogens is 3. The molecule has 1 atom stereocenters. The van der Waals surface area contributed by atoms with Gasteiger partial charge in [-0.05, 0) is 30.0 Å². The van der Waals surface area contributed by atoms with Crippen LogP contribution in [0.3, 0.4) is 0 Å². The standard InChI is InChI=1S/C18H27F3N2O/c1-14(2)11-23-9-8-22(13-17(23)7-10-24)12-15-3-5-16(6-4-15)18(19,20)21/h3-6,14,17,24H,7-13H2,1-2H3/t17-/m1/s1. The van der Waals surface area contributed by atoms with Crippen molar-refractivity contribution in [2.75, 3.05) is 32.8 Å². The van der Waals surface area contributed by atoms with Gasteiger partial charge in [-0.1, -0.05) is 26.0 Å². The fourth-order valence-electron chi connectivity index (χ4n) is 3.29. The molecule has 1 N–H and O–H groups in total. The molecule has 0 aromatic heterocycles. The first kappa shape index (κ1) is 19.2. The van der Waals surface area contributed by atoms with E-state index in [1.165, 1.54) is 0 Å². The van der Waals surface area contributed by atoms with Crippen LogP contribution in [0.5, 0.6) is 0 Å². The predicted molar refractivity (Wildman–Crippen MR) is 88.6 cm³/mol. The average molecular weight is 344 g/mol. The van der Waals surface area contributed by atoms with E-state index in [1.54, 1.807) is 12.1 Å². The summed E-state index contributed by atoms with van der Waals surface area (Å²) in [7, 11) is 0. The summed E-state index contributed by atoms with van der Waals surface area (Å²) in [5.74, 6) is 0.577. The van der Waals surface area contributed by atoms with E-state index >= 15 is 0 Å². The molecule has 1 aromatic carbocycles. The number of hydrogen-bond acceptors (Lipinski definition) is 3. The van der Waals surface area contributed by atoms with Crippen LogP contribution in [0.15, 0.2) is 24.3 Å². The molecule has 3 nitrogen and oxygen atoms in total. The molecule has 1 fully saturated rings. The van der Waals surface area contributed by atoms with Gasteiger partial charge in [-0.2, -0.15) is 13.2 Å². The number of alkyl halides is 3. The van der Waals surface area contributed by atoms with Gasteiger partial charge in [-0.15, -0.1) is 0 Å². The number of nitrogens with zero attached hydrogens (tertiary/aromatic N) is 2. The van der Waals surface area contributed by atoms with Gasteiger partial charge < -0.3 is 5.11 Å². The first-order valence-electron chi connectivity index (χ1n) is 8.53. The van der Waals surface area contributed by atoms with Crippen molar-refractivity contribution in [3.8, 4) is 0 Å². The maximum atomic E-state index is 12.6. The molecule has 6 heteroatoms. The second-order valence-electron chi connectivity index (χ2n) is 6.98. The van der Waals surface area contributed by atoms with Gasteiger partial charge in [-0.3, -0.25) is 9.80 Å². The van der Waals surface area contributed by atoms with Crippen molar-refractivity contribution in [2.24, 2.45) is 5.92 Å². The van der Waals surface area contributed by atoms with Crippen LogP contribution in [-0.4, -0.2) is 53.7 Å². The number of piperazine rings is 1. The van der Waals surface area contributed by atoms with Crippen molar-refractivity contribution in [2.45, 2.75) is 39.0 Å². The molecule has 0 radical (unpaired) electrons. The molecule has 2 rings (SSSR count). The molecule has 136 valence electrons.